The topological polar surface area (TPSA) is 231 Å². The zero-order valence-corrected chi connectivity index (χ0v) is 56.1. The Balaban J connectivity index is 4.77. The number of carbonyl (C=O) groups excluding carboxylic acids is 3. The minimum atomic E-state index is -4.95. The normalized spacial score (nSPS) is 15.3. The van der Waals surface area contributed by atoms with Crippen LogP contribution in [-0.4, -0.2) is 95.9 Å². The Morgan fingerprint density at radius 2 is 0.618 bits per heavy atom. The van der Waals surface area contributed by atoms with E-state index >= 15 is 0 Å². The number of esters is 3. The molecule has 0 aliphatic carbocycles. The van der Waals surface area contributed by atoms with E-state index in [0.29, 0.717) is 25.7 Å². The number of phosphoric ester groups is 2. The quantitative estimate of drug-likeness (QED) is 0.0146. The molecule has 5 atom stereocenters. The fourth-order valence-corrected chi connectivity index (χ4v) is 9.35. The molecule has 0 aromatic carbocycles. The van der Waals surface area contributed by atoms with Gasteiger partial charge in [-0.3, -0.25) is 32.5 Å². The van der Waals surface area contributed by atoms with Crippen molar-refractivity contribution >= 4 is 33.6 Å². The molecule has 0 rings (SSSR count). The highest BCUT2D eigenvalue weighted by Crippen LogP contribution is 2.45. The number of phosphoric acid groups is 2. The van der Waals surface area contributed by atoms with Gasteiger partial charge in [0.2, 0.25) is 0 Å². The Labute approximate surface area is 536 Å². The SMILES string of the molecule is CC/C=C\C/C=C\C/C=C\C/C=C\C/C=C\C/C=C\CCCCC(=O)OCC(O)COP(=O)(O)OCC(O)COP(=O)(O)OCC(COC(=O)CC/C=C\C/C=C\C/C=C\C/C=C\C/C=C\C/C=C\CC)OC(=O)CCCCCCC/C=C\CCCCCC. The van der Waals surface area contributed by atoms with Gasteiger partial charge in [0, 0.05) is 19.3 Å². The van der Waals surface area contributed by atoms with E-state index in [-0.39, 0.29) is 19.3 Å². The van der Waals surface area contributed by atoms with Crippen LogP contribution >= 0.6 is 15.6 Å². The first-order valence-electron chi connectivity index (χ1n) is 32.8. The van der Waals surface area contributed by atoms with Crippen molar-refractivity contribution in [2.75, 3.05) is 39.6 Å². The molecule has 5 unspecified atom stereocenters. The third-order valence-electron chi connectivity index (χ3n) is 12.7. The van der Waals surface area contributed by atoms with Crippen molar-refractivity contribution in [1.29, 1.82) is 0 Å². The zero-order chi connectivity index (χ0) is 65.3. The Morgan fingerprint density at radius 3 is 1.04 bits per heavy atom. The second-order valence-corrected chi connectivity index (χ2v) is 24.1. The maximum atomic E-state index is 12.9. The minimum absolute atomic E-state index is 0.0373. The third kappa shape index (κ3) is 64.5. The van der Waals surface area contributed by atoms with Crippen molar-refractivity contribution in [1.82, 2.24) is 0 Å². The van der Waals surface area contributed by atoms with Crippen LogP contribution in [0.25, 0.3) is 0 Å². The van der Waals surface area contributed by atoms with Crippen LogP contribution in [-0.2, 0) is 55.8 Å². The lowest BCUT2D eigenvalue weighted by Crippen LogP contribution is -2.30. The maximum absolute atomic E-state index is 12.9. The zero-order valence-electron chi connectivity index (χ0n) is 54.3. The summed E-state index contributed by atoms with van der Waals surface area (Å²) in [5.74, 6) is -1.74. The average Bonchev–Trinajstić information content (AvgIpc) is 3.55. The molecule has 18 heteroatoms. The van der Waals surface area contributed by atoms with Crippen LogP contribution in [0.2, 0.25) is 0 Å². The summed E-state index contributed by atoms with van der Waals surface area (Å²) in [4.78, 5) is 58.2. The second kappa shape index (κ2) is 63.3. The predicted octanol–water partition coefficient (Wildman–Crippen LogP) is 18.0. The van der Waals surface area contributed by atoms with Crippen molar-refractivity contribution in [3.8, 4) is 0 Å². The number of aliphatic hydroxyl groups is 2. The summed E-state index contributed by atoms with van der Waals surface area (Å²) in [6.07, 6.45) is 76.1. The lowest BCUT2D eigenvalue weighted by molar-refractivity contribution is -0.161. The first-order valence-corrected chi connectivity index (χ1v) is 35.8. The molecule has 16 nitrogen and oxygen atoms in total. The van der Waals surface area contributed by atoms with Gasteiger partial charge in [0.15, 0.2) is 6.10 Å². The van der Waals surface area contributed by atoms with Gasteiger partial charge in [-0.2, -0.15) is 0 Å². The van der Waals surface area contributed by atoms with Crippen LogP contribution in [0.5, 0.6) is 0 Å². The first-order chi connectivity index (χ1) is 43.2. The highest BCUT2D eigenvalue weighted by atomic mass is 31.2. The Bertz CT molecular complexity index is 2250. The van der Waals surface area contributed by atoms with Gasteiger partial charge in [0.05, 0.1) is 26.4 Å². The first kappa shape index (κ1) is 84.2. The van der Waals surface area contributed by atoms with Crippen LogP contribution in [0, 0.1) is 0 Å². The Morgan fingerprint density at radius 1 is 0.326 bits per heavy atom. The highest BCUT2D eigenvalue weighted by molar-refractivity contribution is 7.47. The average molecular weight is 1290 g/mol. The number of hydrogen-bond acceptors (Lipinski definition) is 14. The van der Waals surface area contributed by atoms with Gasteiger partial charge in [0.25, 0.3) is 0 Å². The fraction of sp³-hybridized carbons (Fsp3) is 0.592. The number of aliphatic hydroxyl groups excluding tert-OH is 2. The minimum Gasteiger partial charge on any atom is -0.463 e. The van der Waals surface area contributed by atoms with Crippen LogP contribution < -0.4 is 0 Å². The summed E-state index contributed by atoms with van der Waals surface area (Å²) in [6, 6.07) is 0. The van der Waals surface area contributed by atoms with Gasteiger partial charge in [-0.25, -0.2) is 9.13 Å². The molecule has 0 saturated carbocycles. The summed E-state index contributed by atoms with van der Waals surface area (Å²) in [7, 11) is -9.82. The summed E-state index contributed by atoms with van der Waals surface area (Å²) >= 11 is 0. The maximum Gasteiger partial charge on any atom is 0.472 e. The van der Waals surface area contributed by atoms with Crippen molar-refractivity contribution in [2.45, 2.75) is 232 Å². The summed E-state index contributed by atoms with van der Waals surface area (Å²) in [5, 5.41) is 20.5. The molecule has 0 aromatic heterocycles. The van der Waals surface area contributed by atoms with E-state index in [0.717, 1.165) is 122 Å². The van der Waals surface area contributed by atoms with Gasteiger partial charge < -0.3 is 34.2 Å². The molecule has 504 valence electrons. The van der Waals surface area contributed by atoms with Gasteiger partial charge >= 0.3 is 33.6 Å². The molecule has 4 N–H and O–H groups in total. The largest absolute Gasteiger partial charge is 0.472 e. The Hall–Kier alpha value is -4.83. The number of rotatable bonds is 60. The van der Waals surface area contributed by atoms with E-state index < -0.39 is 91.5 Å². The van der Waals surface area contributed by atoms with Gasteiger partial charge in [-0.05, 0) is 135 Å². The van der Waals surface area contributed by atoms with Crippen LogP contribution in [0.4, 0.5) is 0 Å². The van der Waals surface area contributed by atoms with Crippen LogP contribution in [0.15, 0.2) is 158 Å². The predicted molar refractivity (Wildman–Crippen MR) is 362 cm³/mol. The van der Waals surface area contributed by atoms with Gasteiger partial charge in [-0.1, -0.05) is 217 Å². The highest BCUT2D eigenvalue weighted by Gasteiger charge is 2.29. The van der Waals surface area contributed by atoms with E-state index in [1.54, 1.807) is 0 Å². The molecule has 0 amide bonds. The number of carbonyl (C=O) groups is 3. The molecule has 0 aliphatic heterocycles. The molecular formula is C71H114O16P2. The van der Waals surface area contributed by atoms with Crippen LogP contribution in [0.3, 0.4) is 0 Å². The lowest BCUT2D eigenvalue weighted by Gasteiger charge is -2.21. The smallest absolute Gasteiger partial charge is 0.463 e. The van der Waals surface area contributed by atoms with Crippen molar-refractivity contribution in [3.05, 3.63) is 158 Å². The molecule has 89 heavy (non-hydrogen) atoms. The summed E-state index contributed by atoms with van der Waals surface area (Å²) in [5.41, 5.74) is 0. The molecule has 0 radical (unpaired) electrons. The van der Waals surface area contributed by atoms with Gasteiger partial charge in [-0.15, -0.1) is 0 Å². The van der Waals surface area contributed by atoms with E-state index in [9.17, 15) is 43.5 Å². The van der Waals surface area contributed by atoms with Crippen molar-refractivity contribution in [2.24, 2.45) is 0 Å². The summed E-state index contributed by atoms with van der Waals surface area (Å²) in [6.45, 7) is 2.23. The number of allylic oxidation sites excluding steroid dienone is 26. The molecule has 0 spiro atoms. The molecule has 0 fully saturated rings. The third-order valence-corrected chi connectivity index (χ3v) is 14.6. The second-order valence-electron chi connectivity index (χ2n) is 21.1. The van der Waals surface area contributed by atoms with Crippen LogP contribution in [0.1, 0.15) is 213 Å². The van der Waals surface area contributed by atoms with Crippen molar-refractivity contribution in [3.63, 3.8) is 0 Å². The molecule has 0 saturated heterocycles. The van der Waals surface area contributed by atoms with Crippen molar-refractivity contribution < 1.29 is 75.8 Å². The number of hydrogen-bond donors (Lipinski definition) is 4. The number of unbranched alkanes of at least 4 members (excludes halogenated alkanes) is 11. The number of ether oxygens (including phenoxy) is 3. The monoisotopic (exact) mass is 1280 g/mol. The molecular weight excluding hydrogens is 1170 g/mol. The molecule has 0 bridgehead atoms. The summed E-state index contributed by atoms with van der Waals surface area (Å²) < 4.78 is 60.6. The molecule has 0 aliphatic rings. The van der Waals surface area contributed by atoms with E-state index in [2.05, 4.69) is 161 Å². The molecule has 0 heterocycles. The van der Waals surface area contributed by atoms with E-state index in [1.165, 1.54) is 25.7 Å². The lowest BCUT2D eigenvalue weighted by atomic mass is 10.1. The Kier molecular flexibility index (Phi) is 59.9. The fourth-order valence-electron chi connectivity index (χ4n) is 7.77. The standard InChI is InChI=1S/C71H114O16P2/c1-4-7-10-13-16-19-22-25-27-29-31-32-34-36-37-40-42-45-48-51-54-57-69(74)81-60-66(72)61-83-88(77,78)84-62-67(73)63-85-89(79,80)86-65-68(87-71(76)59-56-53-50-47-44-39-24-21-18-15-12-9-6-3)64-82-70(75)58-55-52-49-46-43-41-38-35-33-30-28-26-23-20-17-14-11-8-5-2/h7-8,10-11,16-17,19-21,24-28,31-33,35-37,41-43,45,49,52,66-68,72-73H,4-6,9,12-15,18,22-23,29-30,34,38-40,44,46-48,50-51,53-65H2,1-3H3,(H,77,78)(H,79,80)/b10-7-,11-8-,19-16-,20-17-,24-21-,27-25-,28-26-,32-31-,35-33-,37-36-,43-41-,45-42-,52-49-. The molecule has 0 aromatic rings. The van der Waals surface area contributed by atoms with Gasteiger partial charge in [0.1, 0.15) is 25.4 Å². The van der Waals surface area contributed by atoms with E-state index in [4.69, 9.17) is 32.3 Å². The van der Waals surface area contributed by atoms with E-state index in [1.807, 2.05) is 18.2 Å².